The Hall–Kier alpha value is -1.08. The Bertz CT molecular complexity index is 461. The molecule has 0 aromatic carbocycles. The summed E-state index contributed by atoms with van der Waals surface area (Å²) in [5.74, 6) is 0. The van der Waals surface area contributed by atoms with Gasteiger partial charge < -0.3 is 9.64 Å². The highest BCUT2D eigenvalue weighted by Crippen LogP contribution is 2.15. The molecule has 0 N–H and O–H groups in total. The molecule has 0 fully saturated rings. The van der Waals surface area contributed by atoms with Gasteiger partial charge in [0.1, 0.15) is 5.60 Å². The maximum absolute atomic E-state index is 11.8. The van der Waals surface area contributed by atoms with Gasteiger partial charge in [-0.2, -0.15) is 8.42 Å². The van der Waals surface area contributed by atoms with Gasteiger partial charge in [-0.15, -0.1) is 0 Å². The molecule has 0 unspecified atom stereocenters. The third-order valence-electron chi connectivity index (χ3n) is 2.41. The van der Waals surface area contributed by atoms with E-state index in [-0.39, 0.29) is 12.7 Å². The standard InChI is InChI=1S/C12H21NO5S/c1-12(2,3)18-11(14)13-7-5-10(6-8-13)9-17-19(4,15)16/h5H,6-9H2,1-4H3. The van der Waals surface area contributed by atoms with Gasteiger partial charge in [-0.05, 0) is 32.8 Å². The van der Waals surface area contributed by atoms with E-state index >= 15 is 0 Å². The number of carbonyl (C=O) groups excluding carboxylic acids is 1. The van der Waals surface area contributed by atoms with E-state index in [1.165, 1.54) is 0 Å². The summed E-state index contributed by atoms with van der Waals surface area (Å²) in [6.45, 7) is 6.43. The van der Waals surface area contributed by atoms with Gasteiger partial charge in [-0.3, -0.25) is 4.18 Å². The third-order valence-corrected chi connectivity index (χ3v) is 2.96. The highest BCUT2D eigenvalue weighted by atomic mass is 32.2. The molecular weight excluding hydrogens is 270 g/mol. The van der Waals surface area contributed by atoms with Crippen LogP contribution in [0.5, 0.6) is 0 Å². The van der Waals surface area contributed by atoms with Gasteiger partial charge in [0, 0.05) is 13.1 Å². The van der Waals surface area contributed by atoms with Gasteiger partial charge >= 0.3 is 6.09 Å². The van der Waals surface area contributed by atoms with E-state index in [9.17, 15) is 13.2 Å². The predicted molar refractivity (Wildman–Crippen MR) is 71.3 cm³/mol. The van der Waals surface area contributed by atoms with Crippen LogP contribution in [-0.2, 0) is 19.0 Å². The molecule has 0 aliphatic carbocycles. The molecule has 19 heavy (non-hydrogen) atoms. The smallest absolute Gasteiger partial charge is 0.410 e. The summed E-state index contributed by atoms with van der Waals surface area (Å²) in [6, 6.07) is 0. The summed E-state index contributed by atoms with van der Waals surface area (Å²) in [5, 5.41) is 0. The number of hydrogen-bond acceptors (Lipinski definition) is 5. The Morgan fingerprint density at radius 1 is 1.42 bits per heavy atom. The first kappa shape index (κ1) is 16.0. The van der Waals surface area contributed by atoms with Crippen LogP contribution >= 0.6 is 0 Å². The summed E-state index contributed by atoms with van der Waals surface area (Å²) >= 11 is 0. The minimum Gasteiger partial charge on any atom is -0.444 e. The molecular formula is C12H21NO5S. The topological polar surface area (TPSA) is 72.9 Å². The zero-order valence-corrected chi connectivity index (χ0v) is 12.6. The quantitative estimate of drug-likeness (QED) is 0.582. The van der Waals surface area contributed by atoms with Crippen LogP contribution in [0.2, 0.25) is 0 Å². The second-order valence-corrected chi connectivity index (χ2v) is 7.15. The van der Waals surface area contributed by atoms with Crippen LogP contribution in [0.1, 0.15) is 27.2 Å². The summed E-state index contributed by atoms with van der Waals surface area (Å²) in [4.78, 5) is 13.4. The van der Waals surface area contributed by atoms with Crippen LogP contribution in [0.15, 0.2) is 11.6 Å². The Labute approximate surface area is 114 Å². The highest BCUT2D eigenvalue weighted by molar-refractivity contribution is 7.85. The van der Waals surface area contributed by atoms with Crippen LogP contribution < -0.4 is 0 Å². The first-order valence-electron chi connectivity index (χ1n) is 6.07. The average molecular weight is 291 g/mol. The van der Waals surface area contributed by atoms with E-state index in [1.807, 2.05) is 20.8 Å². The van der Waals surface area contributed by atoms with Crippen LogP contribution in [0, 0.1) is 0 Å². The van der Waals surface area contributed by atoms with Crippen molar-refractivity contribution in [3.05, 3.63) is 11.6 Å². The lowest BCUT2D eigenvalue weighted by Crippen LogP contribution is -2.39. The lowest BCUT2D eigenvalue weighted by Gasteiger charge is -2.29. The summed E-state index contributed by atoms with van der Waals surface area (Å²) < 4.78 is 31.7. The lowest BCUT2D eigenvalue weighted by molar-refractivity contribution is 0.0264. The molecule has 1 amide bonds. The number of amides is 1. The van der Waals surface area contributed by atoms with Gasteiger partial charge in [-0.25, -0.2) is 4.79 Å². The maximum atomic E-state index is 11.8. The molecule has 0 bridgehead atoms. The van der Waals surface area contributed by atoms with Gasteiger partial charge in [0.05, 0.1) is 12.9 Å². The van der Waals surface area contributed by atoms with Crippen LogP contribution in [0.4, 0.5) is 4.79 Å². The molecule has 0 saturated heterocycles. The van der Waals surface area contributed by atoms with Crippen molar-refractivity contribution in [2.45, 2.75) is 32.8 Å². The number of nitrogens with zero attached hydrogens (tertiary/aromatic N) is 1. The number of carbonyl (C=O) groups is 1. The van der Waals surface area contributed by atoms with Crippen LogP contribution in [-0.4, -0.2) is 51.0 Å². The zero-order chi connectivity index (χ0) is 14.7. The molecule has 1 heterocycles. The largest absolute Gasteiger partial charge is 0.444 e. The van der Waals surface area contributed by atoms with Gasteiger partial charge in [0.15, 0.2) is 0 Å². The Balaban J connectivity index is 2.47. The van der Waals surface area contributed by atoms with Crippen molar-refractivity contribution >= 4 is 16.2 Å². The Kier molecular flexibility index (Phi) is 4.98. The van der Waals surface area contributed by atoms with Crippen molar-refractivity contribution < 1.29 is 22.1 Å². The SMILES string of the molecule is CC(C)(C)OC(=O)N1CC=C(COS(C)(=O)=O)CC1. The Morgan fingerprint density at radius 3 is 2.47 bits per heavy atom. The molecule has 0 spiro atoms. The molecule has 1 aliphatic heterocycles. The van der Waals surface area contributed by atoms with Crippen molar-refractivity contribution in [1.82, 2.24) is 4.90 Å². The van der Waals surface area contributed by atoms with Crippen molar-refractivity contribution in [3.63, 3.8) is 0 Å². The minimum atomic E-state index is -3.42. The molecule has 1 rings (SSSR count). The van der Waals surface area contributed by atoms with Gasteiger partial charge in [-0.1, -0.05) is 6.08 Å². The van der Waals surface area contributed by atoms with Crippen molar-refractivity contribution in [2.24, 2.45) is 0 Å². The van der Waals surface area contributed by atoms with Gasteiger partial charge in [0.25, 0.3) is 10.1 Å². The van der Waals surface area contributed by atoms with Crippen LogP contribution in [0.25, 0.3) is 0 Å². The number of hydrogen-bond donors (Lipinski definition) is 0. The molecule has 7 heteroatoms. The fraction of sp³-hybridized carbons (Fsp3) is 0.750. The van der Waals surface area contributed by atoms with Gasteiger partial charge in [0.2, 0.25) is 0 Å². The first-order chi connectivity index (χ1) is 8.57. The zero-order valence-electron chi connectivity index (χ0n) is 11.8. The second kappa shape index (κ2) is 5.92. The van der Waals surface area contributed by atoms with E-state index in [2.05, 4.69) is 0 Å². The van der Waals surface area contributed by atoms with E-state index in [0.29, 0.717) is 19.5 Å². The van der Waals surface area contributed by atoms with Crippen molar-refractivity contribution in [2.75, 3.05) is 26.0 Å². The fourth-order valence-corrected chi connectivity index (χ4v) is 1.88. The van der Waals surface area contributed by atoms with Crippen molar-refractivity contribution in [1.29, 1.82) is 0 Å². The number of ether oxygens (including phenoxy) is 1. The molecule has 1 aliphatic rings. The van der Waals surface area contributed by atoms with E-state index < -0.39 is 15.7 Å². The fourth-order valence-electron chi connectivity index (χ4n) is 1.52. The summed E-state index contributed by atoms with van der Waals surface area (Å²) in [7, 11) is -3.42. The monoisotopic (exact) mass is 291 g/mol. The predicted octanol–water partition coefficient (Wildman–Crippen LogP) is 1.53. The van der Waals surface area contributed by atoms with E-state index in [4.69, 9.17) is 8.92 Å². The normalized spacial score (nSPS) is 17.1. The first-order valence-corrected chi connectivity index (χ1v) is 7.89. The summed E-state index contributed by atoms with van der Waals surface area (Å²) in [5.41, 5.74) is 0.366. The lowest BCUT2D eigenvalue weighted by atomic mass is 10.1. The van der Waals surface area contributed by atoms with Crippen molar-refractivity contribution in [3.8, 4) is 0 Å². The molecule has 0 saturated carbocycles. The molecule has 0 aromatic rings. The average Bonchev–Trinajstić information content (AvgIpc) is 2.23. The number of rotatable bonds is 3. The Morgan fingerprint density at radius 2 is 2.05 bits per heavy atom. The second-order valence-electron chi connectivity index (χ2n) is 5.51. The minimum absolute atomic E-state index is 0.0565. The van der Waals surface area contributed by atoms with E-state index in [1.54, 1.807) is 11.0 Å². The maximum Gasteiger partial charge on any atom is 0.410 e. The van der Waals surface area contributed by atoms with E-state index in [0.717, 1.165) is 11.8 Å². The summed E-state index contributed by atoms with van der Waals surface area (Å²) in [6.07, 6.45) is 3.06. The third kappa shape index (κ3) is 6.58. The highest BCUT2D eigenvalue weighted by Gasteiger charge is 2.23. The molecule has 0 radical (unpaired) electrons. The molecule has 110 valence electrons. The molecule has 6 nitrogen and oxygen atoms in total. The molecule has 0 aromatic heterocycles. The van der Waals surface area contributed by atoms with Crippen LogP contribution in [0.3, 0.4) is 0 Å². The molecule has 0 atom stereocenters.